The van der Waals surface area contributed by atoms with Gasteiger partial charge in [-0.3, -0.25) is 0 Å². The van der Waals surface area contributed by atoms with Crippen LogP contribution in [0, 0.1) is 5.92 Å². The first kappa shape index (κ1) is 11.3. The van der Waals surface area contributed by atoms with E-state index in [9.17, 15) is 0 Å². The van der Waals surface area contributed by atoms with Crippen molar-refractivity contribution in [2.75, 3.05) is 18.8 Å². The van der Waals surface area contributed by atoms with Gasteiger partial charge in [0.15, 0.2) is 0 Å². The number of rotatable bonds is 3. The molecule has 1 aromatic carbocycles. The second-order valence-corrected chi connectivity index (χ2v) is 4.45. The van der Waals surface area contributed by atoms with Gasteiger partial charge in [-0.1, -0.05) is 12.1 Å². The molecule has 88 valence electrons. The summed E-state index contributed by atoms with van der Waals surface area (Å²) in [6.07, 6.45) is 2.62. The summed E-state index contributed by atoms with van der Waals surface area (Å²) in [5, 5.41) is 3.36. The highest BCUT2D eigenvalue weighted by Crippen LogP contribution is 2.25. The fourth-order valence-electron chi connectivity index (χ4n) is 2.20. The number of para-hydroxylation sites is 2. The summed E-state index contributed by atoms with van der Waals surface area (Å²) in [7, 11) is 0. The molecule has 0 amide bonds. The predicted molar refractivity (Wildman–Crippen MR) is 66.5 cm³/mol. The van der Waals surface area contributed by atoms with E-state index >= 15 is 0 Å². The first-order valence-corrected chi connectivity index (χ1v) is 5.99. The van der Waals surface area contributed by atoms with Crippen LogP contribution in [0.4, 0.5) is 5.69 Å². The quantitative estimate of drug-likeness (QED) is 0.766. The fourth-order valence-corrected chi connectivity index (χ4v) is 2.20. The molecule has 1 heterocycles. The number of hydrogen-bond donors (Lipinski definition) is 2. The number of nitrogens with one attached hydrogen (secondary N) is 1. The van der Waals surface area contributed by atoms with Crippen molar-refractivity contribution in [3.8, 4) is 5.75 Å². The maximum Gasteiger partial charge on any atom is 0.142 e. The Morgan fingerprint density at radius 2 is 2.00 bits per heavy atom. The van der Waals surface area contributed by atoms with Crippen LogP contribution in [0.15, 0.2) is 24.3 Å². The Labute approximate surface area is 97.0 Å². The summed E-state index contributed by atoms with van der Waals surface area (Å²) >= 11 is 0. The topological polar surface area (TPSA) is 47.3 Å². The van der Waals surface area contributed by atoms with E-state index in [-0.39, 0.29) is 6.10 Å². The highest BCUT2D eigenvalue weighted by atomic mass is 16.5. The molecular weight excluding hydrogens is 200 g/mol. The van der Waals surface area contributed by atoms with Crippen molar-refractivity contribution in [3.05, 3.63) is 24.3 Å². The molecule has 0 bridgehead atoms. The van der Waals surface area contributed by atoms with Gasteiger partial charge < -0.3 is 15.8 Å². The second kappa shape index (κ2) is 5.21. The number of nitrogens with two attached hydrogens (primary N) is 1. The van der Waals surface area contributed by atoms with E-state index in [0.717, 1.165) is 24.5 Å². The second-order valence-electron chi connectivity index (χ2n) is 4.45. The molecule has 1 fully saturated rings. The van der Waals surface area contributed by atoms with Crippen LogP contribution < -0.4 is 15.8 Å². The Morgan fingerprint density at radius 1 is 1.31 bits per heavy atom. The normalized spacial score (nSPS) is 19.3. The zero-order valence-corrected chi connectivity index (χ0v) is 9.78. The van der Waals surface area contributed by atoms with Crippen LogP contribution in [0.3, 0.4) is 0 Å². The van der Waals surface area contributed by atoms with E-state index in [1.807, 2.05) is 24.3 Å². The molecule has 3 heteroatoms. The average molecular weight is 220 g/mol. The molecule has 3 N–H and O–H groups in total. The van der Waals surface area contributed by atoms with E-state index in [1.54, 1.807) is 0 Å². The Morgan fingerprint density at radius 3 is 2.69 bits per heavy atom. The zero-order chi connectivity index (χ0) is 11.4. The van der Waals surface area contributed by atoms with Crippen molar-refractivity contribution >= 4 is 5.69 Å². The molecule has 1 aromatic rings. The molecule has 1 aliphatic rings. The Kier molecular flexibility index (Phi) is 3.67. The first-order valence-electron chi connectivity index (χ1n) is 5.99. The molecule has 1 saturated heterocycles. The molecule has 0 aromatic heterocycles. The van der Waals surface area contributed by atoms with Gasteiger partial charge in [-0.2, -0.15) is 0 Å². The largest absolute Gasteiger partial charge is 0.488 e. The third-order valence-electron chi connectivity index (χ3n) is 3.28. The van der Waals surface area contributed by atoms with Gasteiger partial charge in [-0.05, 0) is 50.9 Å². The van der Waals surface area contributed by atoms with E-state index in [1.165, 1.54) is 12.8 Å². The predicted octanol–water partition coefficient (Wildman–Crippen LogP) is 2.04. The monoisotopic (exact) mass is 220 g/mol. The van der Waals surface area contributed by atoms with Gasteiger partial charge >= 0.3 is 0 Å². The minimum atomic E-state index is 0.242. The van der Waals surface area contributed by atoms with Gasteiger partial charge in [0.05, 0.1) is 11.8 Å². The van der Waals surface area contributed by atoms with Gasteiger partial charge in [-0.25, -0.2) is 0 Å². The Bertz CT molecular complexity index is 334. The van der Waals surface area contributed by atoms with Crippen LogP contribution in [0.25, 0.3) is 0 Å². The van der Waals surface area contributed by atoms with E-state index in [0.29, 0.717) is 5.92 Å². The number of anilines is 1. The van der Waals surface area contributed by atoms with Gasteiger partial charge in [0.2, 0.25) is 0 Å². The van der Waals surface area contributed by atoms with Crippen molar-refractivity contribution in [2.24, 2.45) is 5.92 Å². The summed E-state index contributed by atoms with van der Waals surface area (Å²) in [6.45, 7) is 4.34. The number of benzene rings is 1. The Hall–Kier alpha value is -1.22. The molecule has 0 saturated carbocycles. The third kappa shape index (κ3) is 2.67. The fraction of sp³-hybridized carbons (Fsp3) is 0.538. The molecule has 0 spiro atoms. The van der Waals surface area contributed by atoms with Crippen LogP contribution in [-0.4, -0.2) is 19.2 Å². The van der Waals surface area contributed by atoms with Crippen LogP contribution >= 0.6 is 0 Å². The summed E-state index contributed by atoms with van der Waals surface area (Å²) in [5.41, 5.74) is 6.59. The number of piperidine rings is 1. The lowest BCUT2D eigenvalue weighted by Crippen LogP contribution is -2.35. The maximum atomic E-state index is 5.93. The molecule has 2 rings (SSSR count). The Balaban J connectivity index is 1.96. The van der Waals surface area contributed by atoms with Crippen molar-refractivity contribution in [1.82, 2.24) is 5.32 Å². The van der Waals surface area contributed by atoms with E-state index in [2.05, 4.69) is 12.2 Å². The van der Waals surface area contributed by atoms with Crippen molar-refractivity contribution in [1.29, 1.82) is 0 Å². The molecule has 0 radical (unpaired) electrons. The van der Waals surface area contributed by atoms with E-state index in [4.69, 9.17) is 10.5 Å². The summed E-state index contributed by atoms with van der Waals surface area (Å²) in [5.74, 6) is 1.45. The lowest BCUT2D eigenvalue weighted by Gasteiger charge is -2.29. The average Bonchev–Trinajstić information content (AvgIpc) is 2.33. The van der Waals surface area contributed by atoms with Crippen molar-refractivity contribution in [2.45, 2.75) is 25.9 Å². The lowest BCUT2D eigenvalue weighted by molar-refractivity contribution is 0.129. The highest BCUT2D eigenvalue weighted by Gasteiger charge is 2.21. The molecule has 1 unspecified atom stereocenters. The maximum absolute atomic E-state index is 5.93. The number of ether oxygens (including phenoxy) is 1. The molecule has 1 aliphatic heterocycles. The summed E-state index contributed by atoms with van der Waals surface area (Å²) < 4.78 is 5.93. The molecule has 0 aliphatic carbocycles. The molecular formula is C13H20N2O. The minimum Gasteiger partial charge on any atom is -0.488 e. The third-order valence-corrected chi connectivity index (χ3v) is 3.28. The molecule has 16 heavy (non-hydrogen) atoms. The first-order chi connectivity index (χ1) is 7.77. The van der Waals surface area contributed by atoms with Crippen LogP contribution in [0.2, 0.25) is 0 Å². The van der Waals surface area contributed by atoms with E-state index < -0.39 is 0 Å². The SMILES string of the molecule is CC(Oc1ccccc1N)C1CCNCC1. The summed E-state index contributed by atoms with van der Waals surface area (Å²) in [6, 6.07) is 7.70. The van der Waals surface area contributed by atoms with Crippen LogP contribution in [-0.2, 0) is 0 Å². The van der Waals surface area contributed by atoms with Gasteiger partial charge in [0, 0.05) is 0 Å². The van der Waals surface area contributed by atoms with Gasteiger partial charge in [0.1, 0.15) is 5.75 Å². The van der Waals surface area contributed by atoms with Gasteiger partial charge in [0.25, 0.3) is 0 Å². The standard InChI is InChI=1S/C13H20N2O/c1-10(11-6-8-15-9-7-11)16-13-5-3-2-4-12(13)14/h2-5,10-11,15H,6-9,14H2,1H3. The van der Waals surface area contributed by atoms with Crippen LogP contribution in [0.1, 0.15) is 19.8 Å². The minimum absolute atomic E-state index is 0.242. The van der Waals surface area contributed by atoms with Crippen molar-refractivity contribution < 1.29 is 4.74 Å². The van der Waals surface area contributed by atoms with Crippen molar-refractivity contribution in [3.63, 3.8) is 0 Å². The zero-order valence-electron chi connectivity index (χ0n) is 9.78. The highest BCUT2D eigenvalue weighted by molar-refractivity contribution is 5.51. The lowest BCUT2D eigenvalue weighted by atomic mass is 9.93. The van der Waals surface area contributed by atoms with Crippen LogP contribution in [0.5, 0.6) is 5.75 Å². The number of nitrogen functional groups attached to an aromatic ring is 1. The summed E-state index contributed by atoms with van der Waals surface area (Å²) in [4.78, 5) is 0. The smallest absolute Gasteiger partial charge is 0.142 e. The van der Waals surface area contributed by atoms with Gasteiger partial charge in [-0.15, -0.1) is 0 Å². The number of hydrogen-bond acceptors (Lipinski definition) is 3. The molecule has 1 atom stereocenters. The molecule has 3 nitrogen and oxygen atoms in total.